The number of ether oxygens (including phenoxy) is 4. The zero-order valence-corrected chi connectivity index (χ0v) is 32.4. The zero-order chi connectivity index (χ0) is 38.4. The Morgan fingerprint density at radius 2 is 1.55 bits per heavy atom. The van der Waals surface area contributed by atoms with Crippen LogP contribution in [0, 0.1) is 17.2 Å². The molecule has 0 aromatic heterocycles. The van der Waals surface area contributed by atoms with E-state index in [-0.39, 0.29) is 30.1 Å². The van der Waals surface area contributed by atoms with Crippen molar-refractivity contribution in [2.45, 2.75) is 104 Å². The fraction of sp³-hybridized carbons (Fsp3) is 0.558. The monoisotopic (exact) mass is 740 g/mol. The van der Waals surface area contributed by atoms with Crippen LogP contribution in [0.3, 0.4) is 0 Å². The predicted octanol–water partition coefficient (Wildman–Crippen LogP) is 10.7. The number of hydrogen-bond acceptors (Lipinski definition) is 7. The molecule has 0 radical (unpaired) electrons. The molecule has 1 aliphatic heterocycles. The molecule has 1 unspecified atom stereocenters. The van der Waals surface area contributed by atoms with Crippen LogP contribution in [0.1, 0.15) is 108 Å². The van der Waals surface area contributed by atoms with Crippen molar-refractivity contribution in [2.24, 2.45) is 11.3 Å². The van der Waals surface area contributed by atoms with Gasteiger partial charge in [0.05, 0.1) is 29.9 Å². The van der Waals surface area contributed by atoms with Crippen LogP contribution >= 0.6 is 0 Å². The van der Waals surface area contributed by atoms with Gasteiger partial charge in [-0.15, -0.1) is 0 Å². The van der Waals surface area contributed by atoms with Gasteiger partial charge >= 0.3 is 0 Å². The lowest BCUT2D eigenvalue weighted by Gasteiger charge is -2.43. The zero-order valence-electron chi connectivity index (χ0n) is 32.4. The number of nitrogens with zero attached hydrogens (tertiary/aromatic N) is 2. The first-order valence-corrected chi connectivity index (χ1v) is 19.3. The SMILES string of the molecule is CCCCOC(OCCCC)C1CCN(c2cc(OC)c(C(N(C)c3ccc(C(F)F)cc3OCc3ccccc3)C(C=O)(CC)CC)cc2F)CC1. The van der Waals surface area contributed by atoms with Gasteiger partial charge in [0.1, 0.15) is 30.2 Å². The van der Waals surface area contributed by atoms with E-state index in [1.54, 1.807) is 26.3 Å². The molecule has 1 aliphatic rings. The quantitative estimate of drug-likeness (QED) is 0.0577. The molecule has 4 rings (SSSR count). The number of piperidine rings is 1. The predicted molar refractivity (Wildman–Crippen MR) is 206 cm³/mol. The van der Waals surface area contributed by atoms with Gasteiger partial charge in [-0.3, -0.25) is 0 Å². The highest BCUT2D eigenvalue weighted by molar-refractivity contribution is 5.69. The Morgan fingerprint density at radius 3 is 2.09 bits per heavy atom. The summed E-state index contributed by atoms with van der Waals surface area (Å²) in [5.74, 6) is 0.460. The molecule has 53 heavy (non-hydrogen) atoms. The summed E-state index contributed by atoms with van der Waals surface area (Å²) in [4.78, 5) is 17.0. The van der Waals surface area contributed by atoms with E-state index in [9.17, 15) is 13.6 Å². The fourth-order valence-electron chi connectivity index (χ4n) is 7.33. The maximum Gasteiger partial charge on any atom is 0.263 e. The number of anilines is 2. The number of methoxy groups -OCH3 is 1. The molecule has 0 amide bonds. The third-order valence-electron chi connectivity index (χ3n) is 10.8. The number of halogens is 3. The van der Waals surface area contributed by atoms with Crippen molar-refractivity contribution < 1.29 is 36.9 Å². The number of carbonyl (C=O) groups is 1. The standard InChI is InChI=1S/C43H59F3N2O5/c1-7-11-24-51-42(52-25-12-8-2)32-20-22-48(23-21-32)37-28-38(50-6)34(27-35(37)44)40(43(9-3,10-4)30-49)47(5)36-19-18-33(41(45)46)26-39(36)53-29-31-16-14-13-15-17-31/h13-19,26-28,30,32,40-42H,7-12,20-25,29H2,1-6H3. The number of rotatable bonds is 22. The van der Waals surface area contributed by atoms with Crippen molar-refractivity contribution in [1.29, 1.82) is 0 Å². The summed E-state index contributed by atoms with van der Waals surface area (Å²) in [6.45, 7) is 10.8. The number of aldehydes is 1. The van der Waals surface area contributed by atoms with E-state index >= 15 is 4.39 Å². The van der Waals surface area contributed by atoms with E-state index in [0.717, 1.165) is 50.4 Å². The first-order valence-electron chi connectivity index (χ1n) is 19.3. The largest absolute Gasteiger partial charge is 0.496 e. The van der Waals surface area contributed by atoms with Crippen molar-refractivity contribution >= 4 is 17.7 Å². The summed E-state index contributed by atoms with van der Waals surface area (Å²) in [6.07, 6.45) is 4.47. The van der Waals surface area contributed by atoms with E-state index in [2.05, 4.69) is 13.8 Å². The molecule has 3 aromatic rings. The summed E-state index contributed by atoms with van der Waals surface area (Å²) in [5.41, 5.74) is 1.13. The summed E-state index contributed by atoms with van der Waals surface area (Å²) < 4.78 is 69.0. The maximum absolute atomic E-state index is 16.5. The fourth-order valence-corrected chi connectivity index (χ4v) is 7.33. The normalized spacial score (nSPS) is 14.5. The molecule has 10 heteroatoms. The van der Waals surface area contributed by atoms with Crippen LogP contribution in [0.25, 0.3) is 0 Å². The highest BCUT2D eigenvalue weighted by Gasteiger charge is 2.42. The average Bonchev–Trinajstić information content (AvgIpc) is 3.19. The van der Waals surface area contributed by atoms with E-state index in [4.69, 9.17) is 18.9 Å². The molecular formula is C43H59F3N2O5. The number of benzene rings is 3. The molecule has 1 saturated heterocycles. The van der Waals surface area contributed by atoms with Crippen LogP contribution < -0.4 is 19.3 Å². The molecule has 0 N–H and O–H groups in total. The van der Waals surface area contributed by atoms with Crippen molar-refractivity contribution in [3.8, 4) is 11.5 Å². The van der Waals surface area contributed by atoms with Crippen molar-refractivity contribution in [3.63, 3.8) is 0 Å². The molecule has 0 aliphatic carbocycles. The number of carbonyl (C=O) groups excluding carboxylic acids is 1. The van der Waals surface area contributed by atoms with Crippen LogP contribution in [0.4, 0.5) is 24.5 Å². The van der Waals surface area contributed by atoms with Gasteiger partial charge in [-0.05, 0) is 62.3 Å². The topological polar surface area (TPSA) is 60.5 Å². The summed E-state index contributed by atoms with van der Waals surface area (Å²) in [6, 6.07) is 16.2. The Hall–Kier alpha value is -3.76. The summed E-state index contributed by atoms with van der Waals surface area (Å²) >= 11 is 0. The van der Waals surface area contributed by atoms with E-state index < -0.39 is 23.7 Å². The van der Waals surface area contributed by atoms with E-state index in [1.807, 2.05) is 54.0 Å². The first-order chi connectivity index (χ1) is 25.7. The summed E-state index contributed by atoms with van der Waals surface area (Å²) in [7, 11) is 3.33. The van der Waals surface area contributed by atoms with Gasteiger partial charge in [0.2, 0.25) is 0 Å². The van der Waals surface area contributed by atoms with Crippen LogP contribution in [-0.2, 0) is 20.9 Å². The lowest BCUT2D eigenvalue weighted by molar-refractivity contribution is -0.177. The van der Waals surface area contributed by atoms with Gasteiger partial charge in [0, 0.05) is 56.5 Å². The molecule has 1 atom stereocenters. The number of alkyl halides is 2. The minimum Gasteiger partial charge on any atom is -0.496 e. The highest BCUT2D eigenvalue weighted by atomic mass is 19.3. The van der Waals surface area contributed by atoms with Crippen molar-refractivity contribution in [2.75, 3.05) is 50.3 Å². The Labute approximate surface area is 314 Å². The molecule has 7 nitrogen and oxygen atoms in total. The molecule has 1 heterocycles. The van der Waals surface area contributed by atoms with E-state index in [1.165, 1.54) is 18.2 Å². The Balaban J connectivity index is 1.69. The average molecular weight is 741 g/mol. The minimum absolute atomic E-state index is 0.152. The smallest absolute Gasteiger partial charge is 0.263 e. The Morgan fingerprint density at radius 1 is 0.906 bits per heavy atom. The van der Waals surface area contributed by atoms with Crippen LogP contribution in [-0.4, -0.2) is 53.0 Å². The van der Waals surface area contributed by atoms with Gasteiger partial charge in [0.25, 0.3) is 6.43 Å². The van der Waals surface area contributed by atoms with Gasteiger partial charge in [0.15, 0.2) is 6.29 Å². The minimum atomic E-state index is -2.70. The molecule has 1 fully saturated rings. The van der Waals surface area contributed by atoms with Crippen molar-refractivity contribution in [1.82, 2.24) is 0 Å². The lowest BCUT2D eigenvalue weighted by atomic mass is 9.72. The lowest BCUT2D eigenvalue weighted by Crippen LogP contribution is -2.41. The maximum atomic E-state index is 16.5. The van der Waals surface area contributed by atoms with Crippen LogP contribution in [0.2, 0.25) is 0 Å². The summed E-state index contributed by atoms with van der Waals surface area (Å²) in [5, 5.41) is 0. The second kappa shape index (κ2) is 20.6. The molecule has 0 spiro atoms. The number of unbranched alkanes of at least 4 members (excludes halogenated alkanes) is 2. The molecule has 3 aromatic carbocycles. The molecular weight excluding hydrogens is 681 g/mol. The van der Waals surface area contributed by atoms with Gasteiger partial charge in [-0.2, -0.15) is 0 Å². The molecule has 0 bridgehead atoms. The Kier molecular flexibility index (Phi) is 16.3. The Bertz CT molecular complexity index is 1540. The second-order valence-electron chi connectivity index (χ2n) is 14.1. The van der Waals surface area contributed by atoms with Gasteiger partial charge in [-0.1, -0.05) is 76.9 Å². The van der Waals surface area contributed by atoms with E-state index in [0.29, 0.717) is 61.8 Å². The molecule has 0 saturated carbocycles. The third kappa shape index (κ3) is 10.5. The second-order valence-corrected chi connectivity index (χ2v) is 14.1. The highest BCUT2D eigenvalue weighted by Crippen LogP contribution is 2.50. The van der Waals surface area contributed by atoms with Crippen LogP contribution in [0.15, 0.2) is 60.7 Å². The first kappa shape index (κ1) is 42.0. The third-order valence-corrected chi connectivity index (χ3v) is 10.8. The van der Waals surface area contributed by atoms with Gasteiger partial charge < -0.3 is 33.5 Å². The van der Waals surface area contributed by atoms with Crippen LogP contribution in [0.5, 0.6) is 11.5 Å². The van der Waals surface area contributed by atoms with Gasteiger partial charge in [-0.25, -0.2) is 13.2 Å². The number of hydrogen-bond donors (Lipinski definition) is 0. The van der Waals surface area contributed by atoms with Crippen molar-refractivity contribution in [3.05, 3.63) is 83.2 Å². The molecule has 292 valence electrons.